The van der Waals surface area contributed by atoms with Crippen LogP contribution in [-0.4, -0.2) is 110 Å². The molecule has 440 valence electrons. The number of carbonyl (C=O) groups is 2. The molecule has 4 aliphatic rings. The highest BCUT2D eigenvalue weighted by Crippen LogP contribution is 2.52. The Morgan fingerprint density at radius 1 is 0.918 bits per heavy atom. The number of aromatic nitrogens is 5. The number of rotatable bonds is 15. The Bertz CT molecular complexity index is 3870. The van der Waals surface area contributed by atoms with Crippen LogP contribution in [0.5, 0.6) is 11.8 Å². The quantitative estimate of drug-likeness (QED) is 0.0702. The molecule has 7 heterocycles. The van der Waals surface area contributed by atoms with Crippen LogP contribution in [0.15, 0.2) is 97.2 Å². The number of anilines is 2. The number of nitrogens with zero attached hydrogens (tertiary/aromatic N) is 8. The smallest absolute Gasteiger partial charge is 0.417 e. The molecule has 4 saturated heterocycles. The number of carbonyl (C=O) groups excluding carboxylic acids is 2. The first-order chi connectivity index (χ1) is 40.9. The summed E-state index contributed by atoms with van der Waals surface area (Å²) >= 11 is 0.763. The lowest BCUT2D eigenvalue weighted by atomic mass is 9.92. The Morgan fingerprint density at radius 2 is 1.64 bits per heavy atom. The molecule has 0 spiro atoms. The number of likely N-dealkylation sites (tertiary alicyclic amines) is 1. The van der Waals surface area contributed by atoms with Gasteiger partial charge in [-0.3, -0.25) is 9.59 Å². The van der Waals surface area contributed by atoms with Crippen LogP contribution in [0.1, 0.15) is 87.2 Å². The largest absolute Gasteiger partial charge is 0.486 e. The third kappa shape index (κ3) is 11.3. The molecule has 85 heavy (non-hydrogen) atoms. The summed E-state index contributed by atoms with van der Waals surface area (Å²) < 4.78 is 98.3. The van der Waals surface area contributed by atoms with E-state index in [4.69, 9.17) is 29.9 Å². The van der Waals surface area contributed by atoms with Crippen molar-refractivity contribution in [3.63, 3.8) is 0 Å². The van der Waals surface area contributed by atoms with Gasteiger partial charge in [0.05, 0.1) is 47.4 Å². The molecule has 23 heteroatoms. The molecule has 3 aromatic heterocycles. The first kappa shape index (κ1) is 57.1. The summed E-state index contributed by atoms with van der Waals surface area (Å²) in [6, 6.07) is 23.4. The van der Waals surface area contributed by atoms with E-state index in [1.54, 1.807) is 79.9 Å². The minimum absolute atomic E-state index is 0.0113. The molecule has 17 nitrogen and oxygen atoms in total. The summed E-state index contributed by atoms with van der Waals surface area (Å²) in [5.41, 5.74) is 7.72. The van der Waals surface area contributed by atoms with E-state index in [9.17, 15) is 24.3 Å². The number of halogens is 5. The van der Waals surface area contributed by atoms with Crippen molar-refractivity contribution in [1.29, 1.82) is 5.26 Å². The van der Waals surface area contributed by atoms with Crippen LogP contribution in [0, 0.1) is 28.9 Å². The maximum atomic E-state index is 16.0. The van der Waals surface area contributed by atoms with Crippen molar-refractivity contribution >= 4 is 55.0 Å². The normalized spacial score (nSPS) is 19.8. The molecule has 0 aliphatic carbocycles. The second-order valence-corrected chi connectivity index (χ2v) is 23.6. The number of nitriles is 1. The second kappa shape index (κ2) is 23.3. The molecular formula is C62H60F5N11O6S. The fourth-order valence-electron chi connectivity index (χ4n) is 12.2. The zero-order valence-corrected chi connectivity index (χ0v) is 47.4. The van der Waals surface area contributed by atoms with Gasteiger partial charge in [0.15, 0.2) is 5.75 Å². The van der Waals surface area contributed by atoms with Crippen LogP contribution >= 0.6 is 11.3 Å². The number of hydrogen-bond donors (Lipinski definition) is 4. The minimum Gasteiger partial charge on any atom is -0.486 e. The van der Waals surface area contributed by atoms with E-state index in [0.29, 0.717) is 67.1 Å². The average Bonchev–Trinajstić information content (AvgIpc) is 1.77. The van der Waals surface area contributed by atoms with E-state index in [0.717, 1.165) is 41.9 Å². The number of β-amino-alcohol motifs (C(OH)–C–C–N with tert-alkyl or cyclic N) is 1. The Hall–Kier alpha value is -8.30. The van der Waals surface area contributed by atoms with Gasteiger partial charge >= 0.3 is 12.2 Å². The fraction of sp³-hybridized carbons (Fsp3) is 0.371. The number of aliphatic hydroxyl groups excluding tert-OH is 1. The summed E-state index contributed by atoms with van der Waals surface area (Å²) in [6.45, 7) is 6.90. The molecule has 4 fully saturated rings. The second-order valence-electron chi connectivity index (χ2n) is 22.6. The molecule has 2 amide bonds. The molecule has 2 unspecified atom stereocenters. The van der Waals surface area contributed by atoms with Gasteiger partial charge in [-0.25, -0.2) is 13.5 Å². The Balaban J connectivity index is 0.846. The summed E-state index contributed by atoms with van der Waals surface area (Å²) in [5, 5.41) is 36.5. The van der Waals surface area contributed by atoms with Crippen LogP contribution in [0.2, 0.25) is 0 Å². The fourth-order valence-corrected chi connectivity index (χ4v) is 13.2. The lowest BCUT2D eigenvalue weighted by Gasteiger charge is -2.35. The number of piperazine rings is 1. The molecule has 5 N–H and O–H groups in total. The summed E-state index contributed by atoms with van der Waals surface area (Å²) in [6.07, 6.45) is -1.86. The maximum Gasteiger partial charge on any atom is 0.417 e. The van der Waals surface area contributed by atoms with Gasteiger partial charge in [0, 0.05) is 78.4 Å². The average molecular weight is 1180 g/mol. The number of benzene rings is 5. The number of nitrogens with two attached hydrogens (primary N) is 1. The highest BCUT2D eigenvalue weighted by molar-refractivity contribution is 7.23. The molecule has 5 aromatic carbocycles. The van der Waals surface area contributed by atoms with Crippen molar-refractivity contribution in [3.8, 4) is 51.3 Å². The van der Waals surface area contributed by atoms with Crippen molar-refractivity contribution in [3.05, 3.63) is 131 Å². The number of nitrogen functional groups attached to an aromatic ring is 1. The van der Waals surface area contributed by atoms with Gasteiger partial charge in [0.1, 0.15) is 64.5 Å². The summed E-state index contributed by atoms with van der Waals surface area (Å²) in [5.74, 6) is -2.41. The number of nitrogens with one attached hydrogen (secondary N) is 2. The van der Waals surface area contributed by atoms with E-state index in [-0.39, 0.29) is 104 Å². The predicted octanol–water partition coefficient (Wildman–Crippen LogP) is 10.3. The molecule has 0 radical (unpaired) electrons. The van der Waals surface area contributed by atoms with Gasteiger partial charge in [-0.05, 0) is 66.1 Å². The van der Waals surface area contributed by atoms with Gasteiger partial charge in [-0.15, -0.1) is 16.4 Å². The van der Waals surface area contributed by atoms with E-state index in [1.807, 2.05) is 24.8 Å². The molecule has 8 aromatic rings. The predicted molar refractivity (Wildman–Crippen MR) is 309 cm³/mol. The molecule has 2 bridgehead atoms. The third-order valence-corrected chi connectivity index (χ3v) is 17.5. The van der Waals surface area contributed by atoms with Gasteiger partial charge in [-0.1, -0.05) is 91.9 Å². The van der Waals surface area contributed by atoms with Gasteiger partial charge in [0.2, 0.25) is 11.8 Å². The Kier molecular flexibility index (Phi) is 15.7. The molecular weight excluding hydrogens is 1120 g/mol. The lowest BCUT2D eigenvalue weighted by molar-refractivity contribution is -0.142. The van der Waals surface area contributed by atoms with E-state index in [2.05, 4.69) is 20.9 Å². The highest BCUT2D eigenvalue weighted by Gasteiger charge is 2.44. The van der Waals surface area contributed by atoms with Gasteiger partial charge < -0.3 is 45.5 Å². The number of hydrogen-bond acceptors (Lipinski definition) is 15. The summed E-state index contributed by atoms with van der Waals surface area (Å²) in [4.78, 5) is 41.6. The number of aliphatic hydroxyl groups is 1. The monoisotopic (exact) mass is 1180 g/mol. The molecule has 12 rings (SSSR count). The molecule has 6 atom stereocenters. The first-order valence-corrected chi connectivity index (χ1v) is 29.1. The van der Waals surface area contributed by atoms with Crippen molar-refractivity contribution in [2.75, 3.05) is 43.5 Å². The number of alkyl halides is 3. The lowest BCUT2D eigenvalue weighted by Crippen LogP contribution is -2.51. The SMILES string of the molecule is CC(C)[C@@H](C(=O)N1C[C@H](O)C[C@H]1C(=O)N[C@@H](C)c1ccc(-c2ccccc2F)cc1)n1cc(-c2ccc(COc3c(-c4ccc(F)c5sc(N)c(C#N)c45)c(C(F)(F)F)cc4c(N5CC6CCC(C5)N6)nc(OC5CCOCC5)nc34)cc2)nn1. The van der Waals surface area contributed by atoms with Crippen molar-refractivity contribution in [2.45, 2.75) is 108 Å². The van der Waals surface area contributed by atoms with Gasteiger partial charge in [-0.2, -0.15) is 28.4 Å². The standard InChI is InChI=1S/C62H60F5N11O6S/c1-32(2)54(60(81)77-29-40(79)24-50(77)59(80)70-33(3)35-12-14-36(15-13-35)42-6-4-5-7-47(42)63)78-30-49(74-75-78)37-10-8-34(9-11-37)31-83-55-52(43-18-19-48(64)56-51(43)45(26-68)57(69)85-56)46(62(65,66)67)25-44-53(55)72-61(84-41-20-22-82-23-21-41)73-58(44)76-27-38-16-17-39(28-76)71-38/h4-15,18-19,25,30,32-33,38-41,50,54,71,79H,16-17,20-24,27-29,31,69H2,1-3H3,(H,70,80)/t33-,38?,39?,40+,50-,54-/m0/s1. The van der Waals surface area contributed by atoms with Crippen LogP contribution in [0.3, 0.4) is 0 Å². The van der Waals surface area contributed by atoms with Crippen molar-refractivity contribution < 1.29 is 50.9 Å². The first-order valence-electron chi connectivity index (χ1n) is 28.3. The number of ether oxygens (including phenoxy) is 3. The van der Waals surface area contributed by atoms with Crippen molar-refractivity contribution in [1.82, 2.24) is 40.5 Å². The van der Waals surface area contributed by atoms with Crippen LogP contribution in [0.25, 0.3) is 54.5 Å². The van der Waals surface area contributed by atoms with Crippen molar-refractivity contribution in [2.24, 2.45) is 5.92 Å². The van der Waals surface area contributed by atoms with Gasteiger partial charge in [0.25, 0.3) is 0 Å². The van der Waals surface area contributed by atoms with Crippen LogP contribution < -0.4 is 30.7 Å². The zero-order chi connectivity index (χ0) is 59.4. The zero-order valence-electron chi connectivity index (χ0n) is 46.6. The molecule has 0 saturated carbocycles. The van der Waals surface area contributed by atoms with E-state index >= 15 is 17.6 Å². The van der Waals surface area contributed by atoms with Crippen LogP contribution in [-0.2, 0) is 27.1 Å². The number of amides is 2. The number of thiophene rings is 1. The van der Waals surface area contributed by atoms with E-state index < -0.39 is 59.2 Å². The minimum atomic E-state index is -5.03. The number of fused-ring (bicyclic) bond motifs is 4. The third-order valence-electron chi connectivity index (χ3n) is 16.5. The highest BCUT2D eigenvalue weighted by atomic mass is 32.1. The summed E-state index contributed by atoms with van der Waals surface area (Å²) in [7, 11) is 0. The van der Waals surface area contributed by atoms with E-state index in [1.165, 1.54) is 21.7 Å². The Morgan fingerprint density at radius 3 is 2.33 bits per heavy atom. The Labute approximate surface area is 489 Å². The molecule has 4 aliphatic heterocycles. The maximum absolute atomic E-state index is 16.0. The van der Waals surface area contributed by atoms with Crippen LogP contribution in [0.4, 0.5) is 32.8 Å². The topological polar surface area (TPSA) is 219 Å².